The predicted octanol–water partition coefficient (Wildman–Crippen LogP) is 4.90. The van der Waals surface area contributed by atoms with Crippen molar-refractivity contribution in [1.29, 1.82) is 0 Å². The van der Waals surface area contributed by atoms with E-state index in [1.54, 1.807) is 19.9 Å². The Kier molecular flexibility index (Phi) is 10.7. The lowest BCUT2D eigenvalue weighted by Crippen LogP contribution is -2.44. The van der Waals surface area contributed by atoms with Gasteiger partial charge in [0.15, 0.2) is 5.60 Å². The molecule has 4 heterocycles. The maximum absolute atomic E-state index is 14.7. The van der Waals surface area contributed by atoms with E-state index < -0.39 is 47.0 Å². The fourth-order valence-electron chi connectivity index (χ4n) is 8.07. The molecular weight excluding hydrogens is 785 g/mol. The molecule has 0 saturated heterocycles. The molecule has 2 atom stereocenters. The summed E-state index contributed by atoms with van der Waals surface area (Å²) in [5, 5.41) is 19.4. The summed E-state index contributed by atoms with van der Waals surface area (Å²) in [5.74, 6) is -2.62. The molecule has 1 aliphatic carbocycles. The SMILES string of the molecule is CC[C@@]1(O)C(=O)OCc2c1cc1n(c2=O)Cc2c-1nc1cc(F)c(Cl)cc1c2CNC(=O)C[C@@H](C)OCNC(=O)CNC(=O)OCC1c2ccccc2-c2ccccc21. The van der Waals surface area contributed by atoms with Gasteiger partial charge >= 0.3 is 12.1 Å². The van der Waals surface area contributed by atoms with Crippen LogP contribution in [0.1, 0.15) is 66.0 Å². The van der Waals surface area contributed by atoms with Crippen LogP contribution in [0.3, 0.4) is 0 Å². The fourth-order valence-corrected chi connectivity index (χ4v) is 8.23. The number of carbonyl (C=O) groups excluding carboxylic acids is 4. The van der Waals surface area contributed by atoms with Crippen molar-refractivity contribution in [1.82, 2.24) is 25.5 Å². The molecule has 3 amide bonds. The van der Waals surface area contributed by atoms with Crippen molar-refractivity contribution in [3.05, 3.63) is 121 Å². The Morgan fingerprint density at radius 3 is 2.44 bits per heavy atom. The molecule has 14 nitrogen and oxygen atoms in total. The highest BCUT2D eigenvalue weighted by Crippen LogP contribution is 2.45. The zero-order chi connectivity index (χ0) is 41.6. The molecule has 0 fully saturated rings. The van der Waals surface area contributed by atoms with Crippen molar-refractivity contribution in [3.8, 4) is 22.5 Å². The number of carbonyl (C=O) groups is 4. The molecule has 2 aromatic heterocycles. The summed E-state index contributed by atoms with van der Waals surface area (Å²) in [4.78, 5) is 69.1. The van der Waals surface area contributed by atoms with Crippen LogP contribution in [-0.2, 0) is 53.9 Å². The summed E-state index contributed by atoms with van der Waals surface area (Å²) in [5.41, 5.74) is 4.14. The highest BCUT2D eigenvalue weighted by molar-refractivity contribution is 6.31. The molecule has 2 aliphatic heterocycles. The van der Waals surface area contributed by atoms with Gasteiger partial charge in [-0.1, -0.05) is 67.1 Å². The van der Waals surface area contributed by atoms with E-state index in [9.17, 15) is 33.5 Å². The number of fused-ring (bicyclic) bond motifs is 8. The van der Waals surface area contributed by atoms with E-state index in [2.05, 4.69) is 20.9 Å². The first-order valence-electron chi connectivity index (χ1n) is 19.1. The van der Waals surface area contributed by atoms with Crippen molar-refractivity contribution >= 4 is 46.4 Å². The van der Waals surface area contributed by atoms with Gasteiger partial charge in [0.25, 0.3) is 5.56 Å². The van der Waals surface area contributed by atoms with Crippen molar-refractivity contribution in [2.24, 2.45) is 0 Å². The Bertz CT molecular complexity index is 2590. The lowest BCUT2D eigenvalue weighted by Gasteiger charge is -2.31. The van der Waals surface area contributed by atoms with Gasteiger partial charge in [0, 0.05) is 35.0 Å². The monoisotopic (exact) mass is 823 g/mol. The van der Waals surface area contributed by atoms with E-state index >= 15 is 0 Å². The summed E-state index contributed by atoms with van der Waals surface area (Å²) in [6, 6.07) is 20.1. The van der Waals surface area contributed by atoms with Gasteiger partial charge in [-0.15, -0.1) is 0 Å². The van der Waals surface area contributed by atoms with E-state index in [1.165, 1.54) is 16.7 Å². The number of ether oxygens (including phenoxy) is 3. The van der Waals surface area contributed by atoms with E-state index in [0.717, 1.165) is 22.3 Å². The summed E-state index contributed by atoms with van der Waals surface area (Å²) in [7, 11) is 0. The topological polar surface area (TPSA) is 187 Å². The number of halogens is 2. The Balaban J connectivity index is 0.858. The van der Waals surface area contributed by atoms with Crippen LogP contribution in [0.15, 0.2) is 71.5 Å². The van der Waals surface area contributed by atoms with Crippen molar-refractivity contribution in [3.63, 3.8) is 0 Å². The van der Waals surface area contributed by atoms with E-state index in [-0.39, 0.29) is 80.0 Å². The van der Waals surface area contributed by atoms with E-state index in [1.807, 2.05) is 48.5 Å². The number of hydrogen-bond donors (Lipinski definition) is 4. The molecule has 4 N–H and O–H groups in total. The minimum absolute atomic E-state index is 0.0317. The second kappa shape index (κ2) is 15.9. The fraction of sp³-hybridized carbons (Fsp3) is 0.302. The zero-order valence-electron chi connectivity index (χ0n) is 32.0. The molecule has 0 bridgehead atoms. The second-order valence-corrected chi connectivity index (χ2v) is 15.1. The van der Waals surface area contributed by atoms with Gasteiger partial charge in [-0.2, -0.15) is 0 Å². The lowest BCUT2D eigenvalue weighted by atomic mass is 9.86. The van der Waals surface area contributed by atoms with E-state index in [0.29, 0.717) is 27.9 Å². The third-order valence-electron chi connectivity index (χ3n) is 11.2. The standard InChI is InChI=1S/C43H39ClFN5O9/c1-3-43(56)32-14-36-39-29(18-50(36)40(53)31(32)20-57-41(43)54)28(27-13-33(44)34(45)15-35(27)49-39)16-46-37(51)12-22(2)59-21-48-38(52)17-47-42(55)58-19-30-25-10-6-4-8-23(25)24-9-5-7-11-26(24)30/h4-11,13-15,22,30,56H,3,12,16-21H2,1-2H3,(H,46,51)(H,47,55)(H,48,52)/t22-,43+/m1/s1. The minimum atomic E-state index is -2.03. The number of cyclic esters (lactones) is 1. The smallest absolute Gasteiger partial charge is 0.407 e. The number of esters is 1. The second-order valence-electron chi connectivity index (χ2n) is 14.7. The van der Waals surface area contributed by atoms with E-state index in [4.69, 9.17) is 25.8 Å². The van der Waals surface area contributed by atoms with Gasteiger partial charge in [0.2, 0.25) is 11.8 Å². The van der Waals surface area contributed by atoms with Crippen LogP contribution >= 0.6 is 11.6 Å². The number of nitrogens with one attached hydrogen (secondary N) is 3. The number of nitrogens with zero attached hydrogens (tertiary/aromatic N) is 2. The van der Waals surface area contributed by atoms with Gasteiger partial charge in [-0.3, -0.25) is 14.4 Å². The number of hydrogen-bond acceptors (Lipinski definition) is 10. The molecule has 8 rings (SSSR count). The molecule has 5 aromatic rings. The highest BCUT2D eigenvalue weighted by Gasteiger charge is 2.45. The molecule has 0 spiro atoms. The molecule has 59 heavy (non-hydrogen) atoms. The Hall–Kier alpha value is -6.16. The molecule has 0 saturated carbocycles. The molecule has 3 aliphatic rings. The van der Waals surface area contributed by atoms with Gasteiger partial charge in [-0.05, 0) is 53.3 Å². The lowest BCUT2D eigenvalue weighted by molar-refractivity contribution is -0.172. The van der Waals surface area contributed by atoms with Gasteiger partial charge in [0.05, 0.1) is 46.6 Å². The Morgan fingerprint density at radius 2 is 1.73 bits per heavy atom. The first-order chi connectivity index (χ1) is 28.4. The first kappa shape index (κ1) is 39.7. The molecular formula is C43H39ClFN5O9. The summed E-state index contributed by atoms with van der Waals surface area (Å²) in [6.07, 6.45) is -1.50. The number of pyridine rings is 2. The first-order valence-corrected chi connectivity index (χ1v) is 19.5. The van der Waals surface area contributed by atoms with Crippen LogP contribution < -0.4 is 21.5 Å². The van der Waals surface area contributed by atoms with Crippen molar-refractivity contribution in [2.75, 3.05) is 19.9 Å². The van der Waals surface area contributed by atoms with Gasteiger partial charge in [0.1, 0.15) is 32.3 Å². The van der Waals surface area contributed by atoms with Gasteiger partial charge in [-0.25, -0.2) is 19.0 Å². The Morgan fingerprint density at radius 1 is 1.02 bits per heavy atom. The van der Waals surface area contributed by atoms with Crippen molar-refractivity contribution in [2.45, 2.75) is 64.0 Å². The third-order valence-corrected chi connectivity index (χ3v) is 11.4. The average molecular weight is 824 g/mol. The van der Waals surface area contributed by atoms with Crippen LogP contribution in [0, 0.1) is 5.82 Å². The van der Waals surface area contributed by atoms with Crippen LogP contribution in [0.5, 0.6) is 0 Å². The van der Waals surface area contributed by atoms with Crippen LogP contribution in [0.4, 0.5) is 9.18 Å². The van der Waals surface area contributed by atoms with Crippen LogP contribution in [0.25, 0.3) is 33.4 Å². The van der Waals surface area contributed by atoms with Crippen LogP contribution in [-0.4, -0.2) is 64.5 Å². The summed E-state index contributed by atoms with van der Waals surface area (Å²) >= 11 is 6.19. The molecule has 304 valence electrons. The average Bonchev–Trinajstić information content (AvgIpc) is 3.75. The third kappa shape index (κ3) is 7.30. The molecule has 0 unspecified atom stereocenters. The molecule has 0 radical (unpaired) electrons. The molecule has 16 heteroatoms. The maximum atomic E-state index is 14.7. The predicted molar refractivity (Wildman–Crippen MR) is 213 cm³/mol. The van der Waals surface area contributed by atoms with Crippen molar-refractivity contribution < 1.29 is 42.9 Å². The largest absolute Gasteiger partial charge is 0.458 e. The normalized spacial score (nSPS) is 16.6. The summed E-state index contributed by atoms with van der Waals surface area (Å²) < 4.78 is 32.4. The minimum Gasteiger partial charge on any atom is -0.458 e. The Labute approximate surface area is 341 Å². The highest BCUT2D eigenvalue weighted by atomic mass is 35.5. The number of benzene rings is 3. The number of aromatic nitrogens is 2. The van der Waals surface area contributed by atoms with Gasteiger partial charge < -0.3 is 39.8 Å². The number of amides is 3. The number of rotatable bonds is 12. The maximum Gasteiger partial charge on any atom is 0.407 e. The molecule has 3 aromatic carbocycles. The zero-order valence-corrected chi connectivity index (χ0v) is 32.8. The summed E-state index contributed by atoms with van der Waals surface area (Å²) in [6.45, 7) is 2.49. The quantitative estimate of drug-likeness (QED) is 0.0978. The number of alkyl carbamates (subject to hydrolysis) is 1. The van der Waals surface area contributed by atoms with Crippen LogP contribution in [0.2, 0.25) is 5.02 Å². The number of aliphatic hydroxyl groups is 1.